The predicted molar refractivity (Wildman–Crippen MR) is 47.1 cm³/mol. The molecule has 0 radical (unpaired) electrons. The number of fused-ring (bicyclic) bond motifs is 2. The number of rotatable bonds is 1. The summed E-state index contributed by atoms with van der Waals surface area (Å²) in [7, 11) is 0. The predicted octanol–water partition coefficient (Wildman–Crippen LogP) is 0.769. The minimum absolute atomic E-state index is 0.0945. The first kappa shape index (κ1) is 9.33. The Morgan fingerprint density at radius 2 is 2.21 bits per heavy atom. The summed E-state index contributed by atoms with van der Waals surface area (Å²) in [6.45, 7) is 3.29. The van der Waals surface area contributed by atoms with Gasteiger partial charge in [0.15, 0.2) is 5.78 Å². The second-order valence-electron chi connectivity index (χ2n) is 3.86. The Labute approximate surface area is 80.9 Å². The van der Waals surface area contributed by atoms with Gasteiger partial charge in [-0.05, 0) is 13.0 Å². The van der Waals surface area contributed by atoms with E-state index in [1.807, 2.05) is 0 Å². The molecule has 5 nitrogen and oxygen atoms in total. The first-order valence-electron chi connectivity index (χ1n) is 4.54. The Morgan fingerprint density at radius 3 is 2.79 bits per heavy atom. The van der Waals surface area contributed by atoms with Crippen molar-refractivity contribution in [1.29, 1.82) is 0 Å². The van der Waals surface area contributed by atoms with Crippen LogP contribution in [0, 0.1) is 22.0 Å². The van der Waals surface area contributed by atoms with Crippen LogP contribution >= 0.6 is 0 Å². The van der Waals surface area contributed by atoms with Gasteiger partial charge in [-0.15, -0.1) is 0 Å². The Morgan fingerprint density at radius 1 is 1.57 bits per heavy atom. The van der Waals surface area contributed by atoms with Crippen LogP contribution in [0.25, 0.3) is 0 Å². The van der Waals surface area contributed by atoms with E-state index in [0.717, 1.165) is 0 Å². The molecule has 1 saturated heterocycles. The van der Waals surface area contributed by atoms with Crippen molar-refractivity contribution >= 4 is 5.78 Å². The molecule has 0 N–H and O–H groups in total. The van der Waals surface area contributed by atoms with E-state index in [0.29, 0.717) is 0 Å². The third kappa shape index (κ3) is 0.901. The van der Waals surface area contributed by atoms with E-state index < -0.39 is 22.7 Å². The number of ether oxygens (including phenoxy) is 1. The molecular formula is C9H11NO4. The van der Waals surface area contributed by atoms with Crippen molar-refractivity contribution in [3.05, 3.63) is 22.3 Å². The van der Waals surface area contributed by atoms with E-state index in [1.54, 1.807) is 19.9 Å². The van der Waals surface area contributed by atoms with Gasteiger partial charge in [-0.3, -0.25) is 14.9 Å². The molecule has 2 bridgehead atoms. The van der Waals surface area contributed by atoms with Gasteiger partial charge in [-0.1, -0.05) is 6.92 Å². The quantitative estimate of drug-likeness (QED) is 0.353. The standard InChI is InChI=1S/C9H11NO4/c1-5-7-3-4-9(14-7,10(12)13)6(2)8(5)11/h3-7H,1-2H3/t5-,6-,7-,9+/m0/s1. The highest BCUT2D eigenvalue weighted by Gasteiger charge is 2.61. The van der Waals surface area contributed by atoms with Gasteiger partial charge >= 0.3 is 5.72 Å². The van der Waals surface area contributed by atoms with Crippen LogP contribution in [0.2, 0.25) is 0 Å². The molecular weight excluding hydrogens is 186 g/mol. The molecule has 4 atom stereocenters. The van der Waals surface area contributed by atoms with Crippen LogP contribution in [-0.4, -0.2) is 22.5 Å². The van der Waals surface area contributed by atoms with Crippen molar-refractivity contribution in [1.82, 2.24) is 0 Å². The van der Waals surface area contributed by atoms with Crippen LogP contribution in [0.4, 0.5) is 0 Å². The summed E-state index contributed by atoms with van der Waals surface area (Å²) in [5.74, 6) is -1.08. The summed E-state index contributed by atoms with van der Waals surface area (Å²) in [5, 5.41) is 10.9. The van der Waals surface area contributed by atoms with Crippen molar-refractivity contribution in [3.8, 4) is 0 Å². The summed E-state index contributed by atoms with van der Waals surface area (Å²) in [6, 6.07) is 0. The zero-order chi connectivity index (χ0) is 10.5. The van der Waals surface area contributed by atoms with Crippen molar-refractivity contribution in [2.45, 2.75) is 25.7 Å². The first-order chi connectivity index (χ1) is 6.49. The van der Waals surface area contributed by atoms with Gasteiger partial charge in [0, 0.05) is 12.0 Å². The molecule has 0 amide bonds. The highest BCUT2D eigenvalue weighted by Crippen LogP contribution is 2.41. The zero-order valence-electron chi connectivity index (χ0n) is 7.97. The molecule has 0 spiro atoms. The van der Waals surface area contributed by atoms with E-state index in [1.165, 1.54) is 6.08 Å². The minimum atomic E-state index is -1.60. The summed E-state index contributed by atoms with van der Waals surface area (Å²) >= 11 is 0. The maximum absolute atomic E-state index is 11.7. The molecule has 0 aromatic carbocycles. The van der Waals surface area contributed by atoms with Gasteiger partial charge in [0.2, 0.25) is 0 Å². The zero-order valence-corrected chi connectivity index (χ0v) is 7.97. The lowest BCUT2D eigenvalue weighted by molar-refractivity contribution is -0.623. The molecule has 2 rings (SSSR count). The van der Waals surface area contributed by atoms with Crippen molar-refractivity contribution in [2.24, 2.45) is 11.8 Å². The van der Waals surface area contributed by atoms with Crippen molar-refractivity contribution in [3.63, 3.8) is 0 Å². The second kappa shape index (κ2) is 2.63. The van der Waals surface area contributed by atoms with Gasteiger partial charge in [-0.2, -0.15) is 0 Å². The molecule has 2 heterocycles. The van der Waals surface area contributed by atoms with E-state index in [2.05, 4.69) is 0 Å². The average molecular weight is 197 g/mol. The lowest BCUT2D eigenvalue weighted by Crippen LogP contribution is -2.54. The molecule has 2 aliphatic heterocycles. The number of hydrogen-bond acceptors (Lipinski definition) is 4. The van der Waals surface area contributed by atoms with Crippen LogP contribution in [-0.2, 0) is 9.53 Å². The van der Waals surface area contributed by atoms with E-state index >= 15 is 0 Å². The number of nitro groups is 1. The highest BCUT2D eigenvalue weighted by atomic mass is 16.7. The van der Waals surface area contributed by atoms with Crippen LogP contribution in [0.1, 0.15) is 13.8 Å². The van der Waals surface area contributed by atoms with Crippen LogP contribution in [0.15, 0.2) is 12.2 Å². The number of carbonyl (C=O) groups excluding carboxylic acids is 1. The maximum atomic E-state index is 11.7. The second-order valence-corrected chi connectivity index (χ2v) is 3.86. The SMILES string of the molecule is C[C@@H]1C(=O)[C@H](C)[C@@]2([N+](=O)[O-])C=C[C@@H]1O2. The molecule has 14 heavy (non-hydrogen) atoms. The molecule has 0 aromatic heterocycles. The number of carbonyl (C=O) groups is 1. The van der Waals surface area contributed by atoms with Gasteiger partial charge in [0.05, 0.1) is 11.0 Å². The lowest BCUT2D eigenvalue weighted by atomic mass is 9.85. The van der Waals surface area contributed by atoms with Crippen LogP contribution < -0.4 is 0 Å². The van der Waals surface area contributed by atoms with Gasteiger partial charge in [-0.25, -0.2) is 0 Å². The van der Waals surface area contributed by atoms with E-state index in [-0.39, 0.29) is 11.7 Å². The largest absolute Gasteiger partial charge is 0.354 e. The fraction of sp³-hybridized carbons (Fsp3) is 0.667. The van der Waals surface area contributed by atoms with Gasteiger partial charge < -0.3 is 4.74 Å². The first-order valence-corrected chi connectivity index (χ1v) is 4.54. The summed E-state index contributed by atoms with van der Waals surface area (Å²) in [6.07, 6.45) is 2.60. The Hall–Kier alpha value is -1.23. The van der Waals surface area contributed by atoms with Crippen molar-refractivity contribution in [2.75, 3.05) is 0 Å². The normalized spacial score (nSPS) is 45.6. The molecule has 76 valence electrons. The topological polar surface area (TPSA) is 69.4 Å². The molecule has 2 aliphatic rings. The van der Waals surface area contributed by atoms with Gasteiger partial charge in [0.25, 0.3) is 0 Å². The lowest BCUT2D eigenvalue weighted by Gasteiger charge is -2.33. The molecule has 0 saturated carbocycles. The number of ketones is 1. The molecule has 1 fully saturated rings. The van der Waals surface area contributed by atoms with Crippen LogP contribution in [0.3, 0.4) is 0 Å². The number of hydrogen-bond donors (Lipinski definition) is 0. The Bertz CT molecular complexity index is 338. The molecule has 0 unspecified atom stereocenters. The minimum Gasteiger partial charge on any atom is -0.303 e. The smallest absolute Gasteiger partial charge is 0.303 e. The fourth-order valence-electron chi connectivity index (χ4n) is 2.07. The van der Waals surface area contributed by atoms with Gasteiger partial charge in [0.1, 0.15) is 5.92 Å². The third-order valence-electron chi connectivity index (χ3n) is 3.12. The molecule has 0 aliphatic carbocycles. The summed E-state index contributed by atoms with van der Waals surface area (Å²) < 4.78 is 5.31. The summed E-state index contributed by atoms with van der Waals surface area (Å²) in [4.78, 5) is 22.0. The summed E-state index contributed by atoms with van der Waals surface area (Å²) in [5.41, 5.74) is -1.60. The molecule has 0 aromatic rings. The third-order valence-corrected chi connectivity index (χ3v) is 3.12. The highest BCUT2D eigenvalue weighted by molar-refractivity contribution is 5.86. The van der Waals surface area contributed by atoms with Crippen LogP contribution in [0.5, 0.6) is 0 Å². The Balaban J connectivity index is 2.44. The number of Topliss-reactive ketones (excluding diaryl/α,β-unsaturated/α-hetero) is 1. The molecule has 5 heteroatoms. The Kier molecular flexibility index (Phi) is 1.75. The monoisotopic (exact) mass is 197 g/mol. The van der Waals surface area contributed by atoms with E-state index in [4.69, 9.17) is 4.74 Å². The fourth-order valence-corrected chi connectivity index (χ4v) is 2.07. The average Bonchev–Trinajstić information content (AvgIpc) is 2.56. The maximum Gasteiger partial charge on any atom is 0.354 e. The van der Waals surface area contributed by atoms with E-state index in [9.17, 15) is 14.9 Å². The van der Waals surface area contributed by atoms with Crippen molar-refractivity contribution < 1.29 is 14.5 Å². The number of nitrogens with zero attached hydrogens (tertiary/aromatic N) is 1.